The van der Waals surface area contributed by atoms with Gasteiger partial charge in [0.1, 0.15) is 10.4 Å². The Morgan fingerprint density at radius 1 is 1.23 bits per heavy atom. The van der Waals surface area contributed by atoms with Crippen molar-refractivity contribution in [3.8, 4) is 16.9 Å². The van der Waals surface area contributed by atoms with Gasteiger partial charge >= 0.3 is 0 Å². The van der Waals surface area contributed by atoms with Crippen LogP contribution in [0.1, 0.15) is 18.5 Å². The van der Waals surface area contributed by atoms with Crippen LogP contribution in [0.5, 0.6) is 5.75 Å². The van der Waals surface area contributed by atoms with E-state index < -0.39 is 0 Å². The van der Waals surface area contributed by atoms with Crippen LogP contribution < -0.4 is 11.3 Å². The van der Waals surface area contributed by atoms with Gasteiger partial charge in [0.25, 0.3) is 5.56 Å². The summed E-state index contributed by atoms with van der Waals surface area (Å²) >= 11 is 7.65. The molecule has 0 saturated heterocycles. The molecule has 4 nitrogen and oxygen atoms in total. The summed E-state index contributed by atoms with van der Waals surface area (Å²) in [5.74, 6) is 0.0746. The Kier molecular flexibility index (Phi) is 4.99. The Morgan fingerprint density at radius 3 is 2.58 bits per heavy atom. The Bertz CT molecular complexity index is 1160. The average molecular weight is 407 g/mol. The van der Waals surface area contributed by atoms with Crippen LogP contribution in [0.4, 0.5) is 0 Å². The fourth-order valence-electron chi connectivity index (χ4n) is 3.13. The van der Waals surface area contributed by atoms with Crippen molar-refractivity contribution in [2.75, 3.05) is 0 Å². The first-order valence-corrected chi connectivity index (χ1v) is 9.03. The van der Waals surface area contributed by atoms with Crippen LogP contribution in [-0.4, -0.2) is 10.1 Å². The number of rotatable bonds is 2. The second-order valence-electron chi connectivity index (χ2n) is 6.03. The molecule has 0 fully saturated rings. The SMILES string of the molecule is C[C@@H](N)c1ccc(-c2c(O)cc(Cl)c3[nH]c(=O)c4sccc4c23)cc1.Cl. The third-order valence-corrected chi connectivity index (χ3v) is 5.57. The lowest BCUT2D eigenvalue weighted by Gasteiger charge is -2.13. The number of hydrogen-bond acceptors (Lipinski definition) is 4. The van der Waals surface area contributed by atoms with Gasteiger partial charge in [0.05, 0.1) is 10.5 Å². The van der Waals surface area contributed by atoms with Crippen molar-refractivity contribution < 1.29 is 5.11 Å². The number of pyridine rings is 1. The molecule has 0 bridgehead atoms. The lowest BCUT2D eigenvalue weighted by atomic mass is 9.96. The maximum atomic E-state index is 12.3. The van der Waals surface area contributed by atoms with E-state index >= 15 is 0 Å². The van der Waals surface area contributed by atoms with Gasteiger partial charge in [-0.1, -0.05) is 35.9 Å². The van der Waals surface area contributed by atoms with Gasteiger partial charge in [0, 0.05) is 28.4 Å². The number of phenols is 1. The normalized spacial score (nSPS) is 12.3. The molecule has 0 saturated carbocycles. The topological polar surface area (TPSA) is 79.1 Å². The number of benzene rings is 2. The summed E-state index contributed by atoms with van der Waals surface area (Å²) in [6.07, 6.45) is 0. The largest absolute Gasteiger partial charge is 0.507 e. The molecule has 4 aromatic rings. The molecule has 2 heterocycles. The number of aromatic amines is 1. The molecule has 2 aromatic carbocycles. The Morgan fingerprint density at radius 2 is 1.92 bits per heavy atom. The highest BCUT2D eigenvalue weighted by molar-refractivity contribution is 7.17. The Labute approximate surface area is 164 Å². The predicted molar refractivity (Wildman–Crippen MR) is 112 cm³/mol. The summed E-state index contributed by atoms with van der Waals surface area (Å²) in [6, 6.07) is 11.0. The van der Waals surface area contributed by atoms with Crippen LogP contribution in [-0.2, 0) is 0 Å². The zero-order valence-corrected chi connectivity index (χ0v) is 16.1. The number of hydrogen-bond donors (Lipinski definition) is 3. The van der Waals surface area contributed by atoms with Crippen molar-refractivity contribution in [2.45, 2.75) is 13.0 Å². The van der Waals surface area contributed by atoms with E-state index in [1.807, 2.05) is 42.6 Å². The van der Waals surface area contributed by atoms with Gasteiger partial charge in [-0.25, -0.2) is 0 Å². The summed E-state index contributed by atoms with van der Waals surface area (Å²) in [7, 11) is 0. The highest BCUT2D eigenvalue weighted by Crippen LogP contribution is 2.42. The van der Waals surface area contributed by atoms with Crippen molar-refractivity contribution in [1.82, 2.24) is 4.98 Å². The van der Waals surface area contributed by atoms with E-state index in [4.69, 9.17) is 17.3 Å². The Balaban J connectivity index is 0.00000196. The van der Waals surface area contributed by atoms with E-state index in [2.05, 4.69) is 4.98 Å². The molecule has 0 unspecified atom stereocenters. The molecule has 0 radical (unpaired) electrons. The van der Waals surface area contributed by atoms with Gasteiger partial charge in [-0.05, 0) is 29.5 Å². The lowest BCUT2D eigenvalue weighted by Crippen LogP contribution is -2.05. The number of phenolic OH excluding ortho intramolecular Hbond substituents is 1. The first kappa shape index (κ1) is 18.7. The van der Waals surface area contributed by atoms with Crippen LogP contribution >= 0.6 is 35.3 Å². The summed E-state index contributed by atoms with van der Waals surface area (Å²) in [5.41, 5.74) is 8.76. The fraction of sp³-hybridized carbons (Fsp3) is 0.105. The van der Waals surface area contributed by atoms with Gasteiger partial charge < -0.3 is 15.8 Å². The van der Waals surface area contributed by atoms with Gasteiger partial charge in [-0.3, -0.25) is 4.79 Å². The summed E-state index contributed by atoms with van der Waals surface area (Å²) in [5, 5.41) is 14.3. The third kappa shape index (κ3) is 2.87. The molecule has 0 aliphatic heterocycles. The minimum absolute atomic E-state index is 0. The van der Waals surface area contributed by atoms with E-state index in [9.17, 15) is 9.90 Å². The zero-order chi connectivity index (χ0) is 17.7. The first-order chi connectivity index (χ1) is 12.0. The molecule has 2 aromatic heterocycles. The molecule has 1 atom stereocenters. The third-order valence-electron chi connectivity index (χ3n) is 4.36. The molecule has 134 valence electrons. The summed E-state index contributed by atoms with van der Waals surface area (Å²) in [4.78, 5) is 15.1. The average Bonchev–Trinajstić information content (AvgIpc) is 3.07. The van der Waals surface area contributed by atoms with Crippen molar-refractivity contribution in [3.05, 3.63) is 62.7 Å². The Hall–Kier alpha value is -2.05. The molecule has 0 amide bonds. The van der Waals surface area contributed by atoms with Crippen molar-refractivity contribution in [2.24, 2.45) is 5.73 Å². The first-order valence-electron chi connectivity index (χ1n) is 7.78. The summed E-state index contributed by atoms with van der Waals surface area (Å²) < 4.78 is 0.614. The molecule has 4 rings (SSSR count). The molecular weight excluding hydrogens is 391 g/mol. The predicted octanol–water partition coefficient (Wildman–Crippen LogP) is 5.21. The maximum absolute atomic E-state index is 12.3. The number of halogens is 2. The zero-order valence-electron chi connectivity index (χ0n) is 13.7. The van der Waals surface area contributed by atoms with E-state index in [1.165, 1.54) is 17.4 Å². The van der Waals surface area contributed by atoms with Crippen LogP contribution in [0, 0.1) is 0 Å². The van der Waals surface area contributed by atoms with Gasteiger partial charge in [0.2, 0.25) is 0 Å². The van der Waals surface area contributed by atoms with E-state index in [-0.39, 0.29) is 29.8 Å². The quantitative estimate of drug-likeness (QED) is 0.427. The number of aromatic nitrogens is 1. The number of H-pyrrole nitrogens is 1. The van der Waals surface area contributed by atoms with Gasteiger partial charge in [-0.15, -0.1) is 23.7 Å². The second-order valence-corrected chi connectivity index (χ2v) is 7.35. The van der Waals surface area contributed by atoms with Crippen molar-refractivity contribution >= 4 is 56.3 Å². The number of nitrogens with one attached hydrogen (secondary N) is 1. The number of thiophene rings is 1. The van der Waals surface area contributed by atoms with Crippen molar-refractivity contribution in [1.29, 1.82) is 0 Å². The van der Waals surface area contributed by atoms with E-state index in [0.29, 0.717) is 20.8 Å². The second kappa shape index (κ2) is 6.93. The van der Waals surface area contributed by atoms with Crippen LogP contribution in [0.2, 0.25) is 5.02 Å². The minimum Gasteiger partial charge on any atom is -0.507 e. The van der Waals surface area contributed by atoms with Crippen LogP contribution in [0.3, 0.4) is 0 Å². The number of nitrogens with two attached hydrogens (primary N) is 1. The van der Waals surface area contributed by atoms with Crippen molar-refractivity contribution in [3.63, 3.8) is 0 Å². The summed E-state index contributed by atoms with van der Waals surface area (Å²) in [6.45, 7) is 1.92. The molecule has 4 N–H and O–H groups in total. The van der Waals surface area contributed by atoms with Crippen LogP contribution in [0.15, 0.2) is 46.6 Å². The molecule has 7 heteroatoms. The molecule has 0 aliphatic carbocycles. The van der Waals surface area contributed by atoms with E-state index in [0.717, 1.165) is 21.9 Å². The minimum atomic E-state index is -0.177. The molecular formula is C19H16Cl2N2O2S. The molecule has 0 aliphatic rings. The maximum Gasteiger partial charge on any atom is 0.266 e. The van der Waals surface area contributed by atoms with E-state index in [1.54, 1.807) is 0 Å². The fourth-order valence-corrected chi connectivity index (χ4v) is 4.17. The van der Waals surface area contributed by atoms with Gasteiger partial charge in [-0.2, -0.15) is 0 Å². The smallest absolute Gasteiger partial charge is 0.266 e. The number of aromatic hydroxyl groups is 1. The molecule has 26 heavy (non-hydrogen) atoms. The molecule has 0 spiro atoms. The van der Waals surface area contributed by atoms with Gasteiger partial charge in [0.15, 0.2) is 0 Å². The highest BCUT2D eigenvalue weighted by Gasteiger charge is 2.18. The monoisotopic (exact) mass is 406 g/mol. The number of fused-ring (bicyclic) bond motifs is 3. The van der Waals surface area contributed by atoms with Crippen LogP contribution in [0.25, 0.3) is 32.1 Å². The standard InChI is InChI=1S/C19H15ClN2O2S.ClH/c1-9(21)10-2-4-11(5-3-10)15-14(23)8-13(20)17-16(15)12-6-7-25-18(12)19(24)22-17;/h2-9,23H,21H2,1H3,(H,22,24);1H/t9-;/m1./s1. The highest BCUT2D eigenvalue weighted by atomic mass is 35.5. The lowest BCUT2D eigenvalue weighted by molar-refractivity contribution is 0.478.